The van der Waals surface area contributed by atoms with Gasteiger partial charge in [0.2, 0.25) is 0 Å². The fraction of sp³-hybridized carbons (Fsp3) is 0.333. The molecule has 2 N–H and O–H groups in total. The van der Waals surface area contributed by atoms with Crippen LogP contribution in [0.1, 0.15) is 49.9 Å². The Bertz CT molecular complexity index is 892. The van der Waals surface area contributed by atoms with E-state index in [4.69, 9.17) is 15.2 Å². The molecule has 2 aliphatic heterocycles. The first-order chi connectivity index (χ1) is 13.0. The van der Waals surface area contributed by atoms with E-state index >= 15 is 0 Å². The summed E-state index contributed by atoms with van der Waals surface area (Å²) >= 11 is 3.51. The second-order valence-corrected chi connectivity index (χ2v) is 9.21. The number of hydrogen-bond acceptors (Lipinski definition) is 3. The van der Waals surface area contributed by atoms with Gasteiger partial charge < -0.3 is 15.2 Å². The molecule has 2 heterocycles. The Morgan fingerprint density at radius 1 is 0.750 bits per heavy atom. The molecule has 0 fully saturated rings. The molecule has 148 valence electrons. The number of anilines is 1. The third kappa shape index (κ3) is 4.27. The molecule has 0 radical (unpaired) electrons. The van der Waals surface area contributed by atoms with Gasteiger partial charge in [0.1, 0.15) is 22.7 Å². The van der Waals surface area contributed by atoms with Gasteiger partial charge in [-0.3, -0.25) is 0 Å². The van der Waals surface area contributed by atoms with Crippen LogP contribution in [0, 0.1) is 13.8 Å². The molecule has 4 heteroatoms. The van der Waals surface area contributed by atoms with E-state index in [2.05, 4.69) is 61.0 Å². The standard InChI is InChI=1S/C12H13BrO.C12H15NO/c2*1-8-9-6-7-12(2,3)14-11(9)5-4-10(8)13/h4-7H,1-3H3;4-7H,13H2,1-3H3. The van der Waals surface area contributed by atoms with Gasteiger partial charge in [0.05, 0.1) is 0 Å². The van der Waals surface area contributed by atoms with Crippen molar-refractivity contribution >= 4 is 33.8 Å². The Morgan fingerprint density at radius 3 is 1.75 bits per heavy atom. The van der Waals surface area contributed by atoms with Gasteiger partial charge in [-0.2, -0.15) is 0 Å². The van der Waals surface area contributed by atoms with E-state index in [0.29, 0.717) is 0 Å². The van der Waals surface area contributed by atoms with E-state index in [1.807, 2.05) is 45.0 Å². The largest absolute Gasteiger partial charge is 0.483 e. The SMILES string of the molecule is Cc1c(Br)ccc2c1C=CC(C)(C)O2.Cc1c(N)ccc2c1C=CC(C)(C)O2. The highest BCUT2D eigenvalue weighted by Crippen LogP contribution is 2.36. The lowest BCUT2D eigenvalue weighted by atomic mass is 9.98. The molecule has 0 unspecified atom stereocenters. The predicted octanol–water partition coefficient (Wildman–Crippen LogP) is 6.70. The van der Waals surface area contributed by atoms with Gasteiger partial charge in [-0.15, -0.1) is 0 Å². The van der Waals surface area contributed by atoms with Crippen molar-refractivity contribution in [2.45, 2.75) is 52.7 Å². The molecule has 4 rings (SSSR count). The molecule has 2 aromatic carbocycles. The van der Waals surface area contributed by atoms with Crippen LogP contribution >= 0.6 is 15.9 Å². The zero-order valence-corrected chi connectivity index (χ0v) is 19.0. The van der Waals surface area contributed by atoms with Crippen LogP contribution in [-0.4, -0.2) is 11.2 Å². The fourth-order valence-electron chi connectivity index (χ4n) is 3.19. The summed E-state index contributed by atoms with van der Waals surface area (Å²) in [7, 11) is 0. The Hall–Kier alpha value is -2.20. The second-order valence-electron chi connectivity index (χ2n) is 8.35. The van der Waals surface area contributed by atoms with Crippen molar-refractivity contribution in [2.75, 3.05) is 5.73 Å². The van der Waals surface area contributed by atoms with Crippen LogP contribution in [0.3, 0.4) is 0 Å². The van der Waals surface area contributed by atoms with Crippen molar-refractivity contribution in [2.24, 2.45) is 0 Å². The van der Waals surface area contributed by atoms with Crippen molar-refractivity contribution < 1.29 is 9.47 Å². The minimum atomic E-state index is -0.213. The zero-order valence-electron chi connectivity index (χ0n) is 17.4. The topological polar surface area (TPSA) is 44.5 Å². The monoisotopic (exact) mass is 441 g/mol. The smallest absolute Gasteiger partial charge is 0.128 e. The number of ether oxygens (including phenoxy) is 2. The summed E-state index contributed by atoms with van der Waals surface area (Å²) < 4.78 is 12.8. The first-order valence-corrected chi connectivity index (χ1v) is 10.2. The maximum atomic E-state index is 5.85. The van der Waals surface area contributed by atoms with Crippen LogP contribution in [0.25, 0.3) is 12.2 Å². The minimum absolute atomic E-state index is 0.187. The first-order valence-electron chi connectivity index (χ1n) is 9.44. The maximum absolute atomic E-state index is 5.85. The summed E-state index contributed by atoms with van der Waals surface area (Å²) in [6.07, 6.45) is 8.38. The van der Waals surface area contributed by atoms with Gasteiger partial charge in [0.15, 0.2) is 0 Å². The van der Waals surface area contributed by atoms with Gasteiger partial charge in [0, 0.05) is 21.3 Å². The molecule has 0 spiro atoms. The predicted molar refractivity (Wildman–Crippen MR) is 122 cm³/mol. The Balaban J connectivity index is 0.000000161. The molecule has 0 atom stereocenters. The molecule has 0 saturated heterocycles. The summed E-state index contributed by atoms with van der Waals surface area (Å²) in [5.41, 5.74) is 10.8. The lowest BCUT2D eigenvalue weighted by Gasteiger charge is -2.28. The van der Waals surface area contributed by atoms with E-state index in [1.165, 1.54) is 11.1 Å². The van der Waals surface area contributed by atoms with Gasteiger partial charge in [0.25, 0.3) is 0 Å². The van der Waals surface area contributed by atoms with E-state index in [0.717, 1.165) is 32.8 Å². The van der Waals surface area contributed by atoms with Crippen LogP contribution in [0.5, 0.6) is 11.5 Å². The van der Waals surface area contributed by atoms with Gasteiger partial charge >= 0.3 is 0 Å². The van der Waals surface area contributed by atoms with Crippen molar-refractivity contribution in [1.82, 2.24) is 0 Å². The van der Waals surface area contributed by atoms with Crippen LogP contribution in [0.4, 0.5) is 5.69 Å². The van der Waals surface area contributed by atoms with Crippen molar-refractivity contribution in [3.63, 3.8) is 0 Å². The normalized spacial score (nSPS) is 17.4. The molecule has 3 nitrogen and oxygen atoms in total. The molecule has 2 aromatic rings. The van der Waals surface area contributed by atoms with E-state index < -0.39 is 0 Å². The number of nitrogen functional groups attached to an aromatic ring is 1. The van der Waals surface area contributed by atoms with Crippen molar-refractivity contribution in [3.8, 4) is 11.5 Å². The number of nitrogens with two attached hydrogens (primary N) is 1. The fourth-order valence-corrected chi connectivity index (χ4v) is 3.54. The molecule has 0 bridgehead atoms. The Morgan fingerprint density at radius 2 is 1.21 bits per heavy atom. The van der Waals surface area contributed by atoms with E-state index in [-0.39, 0.29) is 11.2 Å². The molecule has 0 aliphatic carbocycles. The lowest BCUT2D eigenvalue weighted by molar-refractivity contribution is 0.158. The number of fused-ring (bicyclic) bond motifs is 2. The van der Waals surface area contributed by atoms with Crippen LogP contribution in [-0.2, 0) is 0 Å². The number of benzene rings is 2. The number of halogens is 1. The lowest BCUT2D eigenvalue weighted by Crippen LogP contribution is -2.27. The molecular weight excluding hydrogens is 414 g/mol. The highest BCUT2D eigenvalue weighted by atomic mass is 79.9. The Kier molecular flexibility index (Phi) is 5.37. The third-order valence-corrected chi connectivity index (χ3v) is 5.83. The molecule has 2 aliphatic rings. The van der Waals surface area contributed by atoms with E-state index in [9.17, 15) is 0 Å². The summed E-state index contributed by atoms with van der Waals surface area (Å²) in [6, 6.07) is 7.87. The number of hydrogen-bond donors (Lipinski definition) is 1. The highest BCUT2D eigenvalue weighted by Gasteiger charge is 2.23. The average Bonchev–Trinajstić information content (AvgIpc) is 2.61. The van der Waals surface area contributed by atoms with E-state index in [1.54, 1.807) is 0 Å². The van der Waals surface area contributed by atoms with Crippen LogP contribution in [0.2, 0.25) is 0 Å². The average molecular weight is 442 g/mol. The van der Waals surface area contributed by atoms with Gasteiger partial charge in [-0.1, -0.05) is 28.1 Å². The Labute approximate surface area is 176 Å². The summed E-state index contributed by atoms with van der Waals surface area (Å²) in [6.45, 7) is 12.3. The highest BCUT2D eigenvalue weighted by molar-refractivity contribution is 9.10. The summed E-state index contributed by atoms with van der Waals surface area (Å²) in [4.78, 5) is 0. The maximum Gasteiger partial charge on any atom is 0.128 e. The molecule has 0 aromatic heterocycles. The van der Waals surface area contributed by atoms with Gasteiger partial charge in [-0.05, 0) is 89.1 Å². The van der Waals surface area contributed by atoms with Crippen LogP contribution in [0.15, 0.2) is 40.9 Å². The molecule has 28 heavy (non-hydrogen) atoms. The van der Waals surface area contributed by atoms with Gasteiger partial charge in [-0.25, -0.2) is 0 Å². The quantitative estimate of drug-likeness (QED) is 0.462. The third-order valence-electron chi connectivity index (χ3n) is 4.97. The molecule has 0 saturated carbocycles. The summed E-state index contributed by atoms with van der Waals surface area (Å²) in [5, 5.41) is 0. The van der Waals surface area contributed by atoms with Crippen molar-refractivity contribution in [1.29, 1.82) is 0 Å². The van der Waals surface area contributed by atoms with Crippen LogP contribution < -0.4 is 15.2 Å². The molecular formula is C24H28BrNO2. The first kappa shape index (κ1) is 20.5. The zero-order chi connectivity index (χ0) is 20.7. The summed E-state index contributed by atoms with van der Waals surface area (Å²) in [5.74, 6) is 1.89. The number of rotatable bonds is 0. The molecule has 0 amide bonds. The van der Waals surface area contributed by atoms with Crippen molar-refractivity contribution in [3.05, 3.63) is 63.1 Å². The minimum Gasteiger partial charge on any atom is -0.483 e. The second kappa shape index (κ2) is 7.32.